The van der Waals surface area contributed by atoms with Crippen molar-refractivity contribution in [2.24, 2.45) is 7.05 Å². The molecule has 10 nitrogen and oxygen atoms in total. The predicted molar refractivity (Wildman–Crippen MR) is 117 cm³/mol. The maximum absolute atomic E-state index is 12.8. The van der Waals surface area contributed by atoms with Crippen LogP contribution in [-0.4, -0.2) is 36.3 Å². The summed E-state index contributed by atoms with van der Waals surface area (Å²) in [7, 11) is 1.85. The zero-order valence-electron chi connectivity index (χ0n) is 17.3. The van der Waals surface area contributed by atoms with Crippen molar-refractivity contribution in [3.63, 3.8) is 0 Å². The number of aromatic nitrogens is 5. The summed E-state index contributed by atoms with van der Waals surface area (Å²) in [6, 6.07) is 10.7. The van der Waals surface area contributed by atoms with E-state index in [0.29, 0.717) is 40.9 Å². The minimum absolute atomic E-state index is 0.252. The van der Waals surface area contributed by atoms with E-state index in [-0.39, 0.29) is 12.1 Å². The second-order valence-electron chi connectivity index (χ2n) is 7.62. The van der Waals surface area contributed by atoms with Crippen molar-refractivity contribution in [2.45, 2.75) is 25.2 Å². The van der Waals surface area contributed by atoms with E-state index in [4.69, 9.17) is 15.7 Å². The minimum Gasteiger partial charge on any atom is -0.383 e. The van der Waals surface area contributed by atoms with Crippen LogP contribution >= 0.6 is 0 Å². The van der Waals surface area contributed by atoms with E-state index in [1.165, 1.54) is 6.33 Å². The Bertz CT molecular complexity index is 1370. The van der Waals surface area contributed by atoms with E-state index in [1.807, 2.05) is 30.1 Å². The van der Waals surface area contributed by atoms with Crippen LogP contribution in [0.3, 0.4) is 0 Å². The standard InChI is InChI=1S/C22H20N8O2/c1-29-8-7-16(28-29)15-11-30(21-19(15)20(24)25-12-26-21)18-6-5-17(32-18)22(31)27-14-4-2-3-13(9-14)10-23/h2-4,7-9,11-12,17-18H,5-6H2,1H3,(H,27,31)(H2,24,25,26). The summed E-state index contributed by atoms with van der Waals surface area (Å²) in [4.78, 5) is 21.3. The van der Waals surface area contributed by atoms with Gasteiger partial charge in [0.1, 0.15) is 30.1 Å². The molecule has 5 rings (SSSR count). The van der Waals surface area contributed by atoms with Gasteiger partial charge in [-0.3, -0.25) is 9.48 Å². The summed E-state index contributed by atoms with van der Waals surface area (Å²) in [5, 5.41) is 17.1. The molecule has 3 aromatic heterocycles. The number of nitriles is 1. The number of carbonyl (C=O) groups excluding carboxylic acids is 1. The molecule has 0 aliphatic carbocycles. The van der Waals surface area contributed by atoms with Gasteiger partial charge in [-0.15, -0.1) is 0 Å². The molecule has 4 aromatic rings. The summed E-state index contributed by atoms with van der Waals surface area (Å²) in [6.45, 7) is 0. The number of nitrogens with one attached hydrogen (secondary N) is 1. The van der Waals surface area contributed by atoms with Gasteiger partial charge in [0.15, 0.2) is 0 Å². The highest BCUT2D eigenvalue weighted by Crippen LogP contribution is 2.37. The zero-order valence-corrected chi connectivity index (χ0v) is 17.3. The van der Waals surface area contributed by atoms with Gasteiger partial charge in [0, 0.05) is 30.7 Å². The number of aryl methyl sites for hydroxylation is 1. The number of ether oxygens (including phenoxy) is 1. The van der Waals surface area contributed by atoms with E-state index in [2.05, 4.69) is 26.5 Å². The SMILES string of the molecule is Cn1ccc(-c2cn(C3CCC(C(=O)Nc4cccc(C#N)c4)O3)c3ncnc(N)c23)n1. The second-order valence-corrected chi connectivity index (χ2v) is 7.62. The number of nitrogens with zero attached hydrogens (tertiary/aromatic N) is 6. The third-order valence-corrected chi connectivity index (χ3v) is 5.49. The highest BCUT2D eigenvalue weighted by atomic mass is 16.5. The fraction of sp³-hybridized carbons (Fsp3) is 0.227. The first kappa shape index (κ1) is 19.7. The molecule has 1 amide bonds. The number of nitrogen functional groups attached to an aromatic ring is 1. The van der Waals surface area contributed by atoms with E-state index >= 15 is 0 Å². The third kappa shape index (κ3) is 3.44. The molecule has 32 heavy (non-hydrogen) atoms. The summed E-state index contributed by atoms with van der Waals surface area (Å²) >= 11 is 0. The van der Waals surface area contributed by atoms with Gasteiger partial charge in [-0.25, -0.2) is 9.97 Å². The molecule has 1 aromatic carbocycles. The average molecular weight is 428 g/mol. The molecule has 3 N–H and O–H groups in total. The Balaban J connectivity index is 1.41. The van der Waals surface area contributed by atoms with E-state index in [9.17, 15) is 4.79 Å². The Morgan fingerprint density at radius 2 is 2.19 bits per heavy atom. The molecule has 1 saturated heterocycles. The van der Waals surface area contributed by atoms with Crippen molar-refractivity contribution in [2.75, 3.05) is 11.1 Å². The van der Waals surface area contributed by atoms with Crippen molar-refractivity contribution >= 4 is 28.4 Å². The highest BCUT2D eigenvalue weighted by molar-refractivity contribution is 6.00. The minimum atomic E-state index is -0.624. The Morgan fingerprint density at radius 3 is 2.97 bits per heavy atom. The van der Waals surface area contributed by atoms with Gasteiger partial charge in [0.2, 0.25) is 0 Å². The quantitative estimate of drug-likeness (QED) is 0.510. The monoisotopic (exact) mass is 428 g/mol. The maximum atomic E-state index is 12.8. The first-order chi connectivity index (χ1) is 15.5. The van der Waals surface area contributed by atoms with Crippen LogP contribution in [0.15, 0.2) is 49.1 Å². The third-order valence-electron chi connectivity index (χ3n) is 5.49. The Kier molecular flexibility index (Phi) is 4.80. The second kappa shape index (κ2) is 7.79. The molecule has 2 atom stereocenters. The number of hydrogen-bond acceptors (Lipinski definition) is 7. The van der Waals surface area contributed by atoms with Crippen molar-refractivity contribution in [1.29, 1.82) is 5.26 Å². The van der Waals surface area contributed by atoms with E-state index < -0.39 is 6.10 Å². The lowest BCUT2D eigenvalue weighted by atomic mass is 10.2. The first-order valence-corrected chi connectivity index (χ1v) is 10.1. The van der Waals surface area contributed by atoms with E-state index in [1.54, 1.807) is 28.9 Å². The molecule has 160 valence electrons. The molecular formula is C22H20N8O2. The van der Waals surface area contributed by atoms with Crippen LogP contribution in [0.1, 0.15) is 24.6 Å². The van der Waals surface area contributed by atoms with Gasteiger partial charge in [0.05, 0.1) is 22.7 Å². The van der Waals surface area contributed by atoms with E-state index in [0.717, 1.165) is 11.3 Å². The predicted octanol–water partition coefficient (Wildman–Crippen LogP) is 2.60. The summed E-state index contributed by atoms with van der Waals surface area (Å²) in [5.41, 5.74) is 9.40. The number of rotatable bonds is 4. The molecular weight excluding hydrogens is 408 g/mol. The van der Waals surface area contributed by atoms with Crippen molar-refractivity contribution in [1.82, 2.24) is 24.3 Å². The first-order valence-electron chi connectivity index (χ1n) is 10.1. The summed E-state index contributed by atoms with van der Waals surface area (Å²) < 4.78 is 9.70. The Labute approximate surface area is 183 Å². The van der Waals surface area contributed by atoms with Gasteiger partial charge in [-0.1, -0.05) is 6.07 Å². The van der Waals surface area contributed by atoms with Gasteiger partial charge < -0.3 is 20.4 Å². The lowest BCUT2D eigenvalue weighted by molar-refractivity contribution is -0.128. The van der Waals surface area contributed by atoms with Crippen LogP contribution in [0, 0.1) is 11.3 Å². The molecule has 0 bridgehead atoms. The topological polar surface area (TPSA) is 137 Å². The number of fused-ring (bicyclic) bond motifs is 1. The lowest BCUT2D eigenvalue weighted by Crippen LogP contribution is -2.27. The van der Waals surface area contributed by atoms with Crippen LogP contribution in [0.25, 0.3) is 22.3 Å². The molecule has 0 radical (unpaired) electrons. The molecule has 10 heteroatoms. The van der Waals surface area contributed by atoms with Crippen LogP contribution < -0.4 is 11.1 Å². The van der Waals surface area contributed by atoms with Gasteiger partial charge in [0.25, 0.3) is 5.91 Å². The van der Waals surface area contributed by atoms with Gasteiger partial charge >= 0.3 is 0 Å². The molecule has 1 fully saturated rings. The molecule has 2 unspecified atom stereocenters. The largest absolute Gasteiger partial charge is 0.383 e. The number of nitrogens with two attached hydrogens (primary N) is 1. The molecule has 0 saturated carbocycles. The summed E-state index contributed by atoms with van der Waals surface area (Å²) in [5.74, 6) is 0.109. The van der Waals surface area contributed by atoms with Gasteiger partial charge in [-0.05, 0) is 37.1 Å². The molecule has 1 aliphatic heterocycles. The fourth-order valence-electron chi connectivity index (χ4n) is 3.99. The van der Waals surface area contributed by atoms with Gasteiger partial charge in [-0.2, -0.15) is 10.4 Å². The number of amides is 1. The number of carbonyl (C=O) groups is 1. The Morgan fingerprint density at radius 1 is 1.31 bits per heavy atom. The normalized spacial score (nSPS) is 18.0. The number of benzene rings is 1. The fourth-order valence-corrected chi connectivity index (χ4v) is 3.99. The van der Waals surface area contributed by atoms with Crippen molar-refractivity contribution in [3.8, 4) is 17.3 Å². The lowest BCUT2D eigenvalue weighted by Gasteiger charge is -2.16. The summed E-state index contributed by atoms with van der Waals surface area (Å²) in [6.07, 6.45) is 5.34. The van der Waals surface area contributed by atoms with Crippen molar-refractivity contribution < 1.29 is 9.53 Å². The smallest absolute Gasteiger partial charge is 0.253 e. The van der Waals surface area contributed by atoms with Crippen molar-refractivity contribution in [3.05, 3.63) is 54.6 Å². The maximum Gasteiger partial charge on any atom is 0.253 e. The highest BCUT2D eigenvalue weighted by Gasteiger charge is 2.33. The van der Waals surface area contributed by atoms with Crippen LogP contribution in [0.4, 0.5) is 11.5 Å². The molecule has 0 spiro atoms. The van der Waals surface area contributed by atoms with Crippen LogP contribution in [0.5, 0.6) is 0 Å². The number of hydrogen-bond donors (Lipinski definition) is 2. The van der Waals surface area contributed by atoms with Crippen LogP contribution in [0.2, 0.25) is 0 Å². The molecule has 4 heterocycles. The Hall–Kier alpha value is -4.23. The van der Waals surface area contributed by atoms with Crippen LogP contribution in [-0.2, 0) is 16.6 Å². The zero-order chi connectivity index (χ0) is 22.2. The molecule has 1 aliphatic rings. The average Bonchev–Trinajstić information content (AvgIpc) is 3.52. The number of anilines is 2.